The van der Waals surface area contributed by atoms with E-state index in [0.29, 0.717) is 25.9 Å². The third kappa shape index (κ3) is 75.8. The fraction of sp³-hybridized carbons (Fsp3) is 0.976. The van der Waals surface area contributed by atoms with E-state index >= 15 is 0 Å². The number of ether oxygens (including phenoxy) is 1. The first-order chi connectivity index (χ1) is 44.0. The van der Waals surface area contributed by atoms with Crippen LogP contribution in [0.25, 0.3) is 0 Å². The molecule has 0 saturated carbocycles. The summed E-state index contributed by atoms with van der Waals surface area (Å²) < 4.78 is 5.52. The zero-order chi connectivity index (χ0) is 64.2. The molecule has 0 aliphatic heterocycles. The Balaban J connectivity index is 3.26. The van der Waals surface area contributed by atoms with Crippen LogP contribution >= 0.6 is 0 Å². The predicted octanol–water partition coefficient (Wildman–Crippen LogP) is 27.7. The molecular formula is C83H165NO5. The average Bonchev–Trinajstić information content (AvgIpc) is 3.59. The summed E-state index contributed by atoms with van der Waals surface area (Å²) in [5.41, 5.74) is 0. The standard InChI is InChI=1S/C83H165NO5/c1-3-5-7-9-11-13-15-17-19-20-45-49-53-57-61-65-69-73-77-83(88)89-78-74-70-66-62-58-54-50-46-43-41-39-37-35-33-31-29-27-25-23-21-22-24-26-28-30-32-34-36-38-40-42-44-48-52-56-60-64-68-72-76-82(87)84-80(79-85)81(86)75-71-67-63-59-55-51-47-18-16-14-12-10-8-6-4-2/h80-81,85-86H,3-79H2,1-2H3,(H,84,87). The highest BCUT2D eigenvalue weighted by atomic mass is 16.5. The molecule has 0 aromatic carbocycles. The van der Waals surface area contributed by atoms with Crippen LogP contribution in [0.1, 0.15) is 495 Å². The molecule has 2 unspecified atom stereocenters. The van der Waals surface area contributed by atoms with Crippen LogP contribution in [-0.4, -0.2) is 47.4 Å². The Bertz CT molecular complexity index is 1310. The second kappa shape index (κ2) is 79.3. The number of nitrogens with one attached hydrogen (secondary N) is 1. The van der Waals surface area contributed by atoms with Gasteiger partial charge in [0.25, 0.3) is 0 Å². The first-order valence-electron chi connectivity index (χ1n) is 41.8. The van der Waals surface area contributed by atoms with E-state index in [1.165, 1.54) is 424 Å². The molecule has 0 aliphatic rings. The molecular weight excluding hydrogens is 1090 g/mol. The summed E-state index contributed by atoms with van der Waals surface area (Å²) in [7, 11) is 0. The Hall–Kier alpha value is -1.14. The molecule has 0 fully saturated rings. The highest BCUT2D eigenvalue weighted by Crippen LogP contribution is 2.21. The van der Waals surface area contributed by atoms with Crippen LogP contribution in [0.15, 0.2) is 0 Å². The van der Waals surface area contributed by atoms with E-state index in [4.69, 9.17) is 4.74 Å². The van der Waals surface area contributed by atoms with Crippen molar-refractivity contribution in [3.63, 3.8) is 0 Å². The van der Waals surface area contributed by atoms with Crippen LogP contribution in [0.3, 0.4) is 0 Å². The van der Waals surface area contributed by atoms with Gasteiger partial charge in [-0.2, -0.15) is 0 Å². The summed E-state index contributed by atoms with van der Waals surface area (Å²) in [5, 5.41) is 23.4. The number of carbonyl (C=O) groups excluding carboxylic acids is 2. The monoisotopic (exact) mass is 1260 g/mol. The molecule has 6 nitrogen and oxygen atoms in total. The fourth-order valence-electron chi connectivity index (χ4n) is 13.8. The lowest BCUT2D eigenvalue weighted by Gasteiger charge is -2.22. The number of aliphatic hydroxyl groups is 2. The van der Waals surface area contributed by atoms with Gasteiger partial charge in [-0.3, -0.25) is 9.59 Å². The smallest absolute Gasteiger partial charge is 0.305 e. The highest BCUT2D eigenvalue weighted by Gasteiger charge is 2.20. The number of hydrogen-bond donors (Lipinski definition) is 3. The fourth-order valence-corrected chi connectivity index (χ4v) is 13.8. The van der Waals surface area contributed by atoms with Gasteiger partial charge in [-0.15, -0.1) is 0 Å². The highest BCUT2D eigenvalue weighted by molar-refractivity contribution is 5.76. The van der Waals surface area contributed by atoms with Crippen molar-refractivity contribution in [1.29, 1.82) is 0 Å². The first-order valence-corrected chi connectivity index (χ1v) is 41.8. The Morgan fingerprint density at radius 1 is 0.270 bits per heavy atom. The Labute approximate surface area is 559 Å². The molecule has 0 aromatic rings. The molecule has 532 valence electrons. The van der Waals surface area contributed by atoms with E-state index in [1.807, 2.05) is 0 Å². The largest absolute Gasteiger partial charge is 0.466 e. The van der Waals surface area contributed by atoms with Crippen molar-refractivity contribution in [3.8, 4) is 0 Å². The number of unbranched alkanes of at least 4 members (excludes halogenated alkanes) is 69. The number of aliphatic hydroxyl groups excluding tert-OH is 2. The van der Waals surface area contributed by atoms with Gasteiger partial charge in [-0.25, -0.2) is 0 Å². The molecule has 0 aromatic heterocycles. The van der Waals surface area contributed by atoms with Crippen LogP contribution in [0.2, 0.25) is 0 Å². The SMILES string of the molecule is CCCCCCCCCCCCCCCCCCCCC(=O)OCCCCCCCCCCCCCCCCCCCCCCCCCCCCCCCCCCCCCCCCCC(=O)NC(CO)C(O)CCCCCCCCCCCCCCCCC. The van der Waals surface area contributed by atoms with Gasteiger partial charge < -0.3 is 20.3 Å². The maximum Gasteiger partial charge on any atom is 0.305 e. The molecule has 6 heteroatoms. The Morgan fingerprint density at radius 3 is 0.685 bits per heavy atom. The molecule has 0 rings (SSSR count). The molecule has 3 N–H and O–H groups in total. The molecule has 0 bridgehead atoms. The minimum Gasteiger partial charge on any atom is -0.466 e. The van der Waals surface area contributed by atoms with Gasteiger partial charge in [0, 0.05) is 12.8 Å². The van der Waals surface area contributed by atoms with Gasteiger partial charge in [0.2, 0.25) is 5.91 Å². The summed E-state index contributed by atoms with van der Waals surface area (Å²) in [4.78, 5) is 24.7. The summed E-state index contributed by atoms with van der Waals surface area (Å²) in [5.74, 6) is 0.00558. The number of carbonyl (C=O) groups is 2. The minimum atomic E-state index is -0.659. The number of hydrogen-bond acceptors (Lipinski definition) is 5. The van der Waals surface area contributed by atoms with E-state index in [-0.39, 0.29) is 18.5 Å². The molecule has 0 aliphatic carbocycles. The van der Waals surface area contributed by atoms with Gasteiger partial charge in [-0.1, -0.05) is 457 Å². The zero-order valence-electron chi connectivity index (χ0n) is 61.2. The van der Waals surface area contributed by atoms with Gasteiger partial charge in [0.1, 0.15) is 0 Å². The maximum atomic E-state index is 12.5. The summed E-state index contributed by atoms with van der Waals surface area (Å²) >= 11 is 0. The summed E-state index contributed by atoms with van der Waals surface area (Å²) in [6.45, 7) is 5.02. The van der Waals surface area contributed by atoms with E-state index in [1.54, 1.807) is 0 Å². The topological polar surface area (TPSA) is 95.9 Å². The lowest BCUT2D eigenvalue weighted by molar-refractivity contribution is -0.143. The second-order valence-corrected chi connectivity index (χ2v) is 29.2. The van der Waals surface area contributed by atoms with Crippen molar-refractivity contribution in [2.24, 2.45) is 0 Å². The zero-order valence-corrected chi connectivity index (χ0v) is 61.2. The number of rotatable bonds is 80. The van der Waals surface area contributed by atoms with Crippen LogP contribution in [0, 0.1) is 0 Å². The van der Waals surface area contributed by atoms with E-state index < -0.39 is 12.1 Å². The summed E-state index contributed by atoms with van der Waals surface area (Å²) in [6, 6.07) is -0.535. The van der Waals surface area contributed by atoms with Crippen molar-refractivity contribution in [2.45, 2.75) is 508 Å². The molecule has 0 spiro atoms. The average molecular weight is 1260 g/mol. The third-order valence-electron chi connectivity index (χ3n) is 20.2. The van der Waals surface area contributed by atoms with Gasteiger partial charge in [0.05, 0.1) is 25.4 Å². The van der Waals surface area contributed by atoms with Crippen molar-refractivity contribution in [3.05, 3.63) is 0 Å². The van der Waals surface area contributed by atoms with Crippen molar-refractivity contribution < 1.29 is 24.5 Å². The molecule has 0 radical (unpaired) electrons. The molecule has 2 atom stereocenters. The molecule has 0 saturated heterocycles. The van der Waals surface area contributed by atoms with E-state index in [0.717, 1.165) is 38.5 Å². The summed E-state index contributed by atoms with van der Waals surface area (Å²) in [6.07, 6.45) is 99.5. The predicted molar refractivity (Wildman–Crippen MR) is 394 cm³/mol. The second-order valence-electron chi connectivity index (χ2n) is 29.2. The van der Waals surface area contributed by atoms with Gasteiger partial charge >= 0.3 is 5.97 Å². The van der Waals surface area contributed by atoms with Crippen LogP contribution in [0.5, 0.6) is 0 Å². The lowest BCUT2D eigenvalue weighted by Crippen LogP contribution is -2.45. The van der Waals surface area contributed by atoms with Crippen LogP contribution in [-0.2, 0) is 14.3 Å². The van der Waals surface area contributed by atoms with Crippen molar-refractivity contribution in [1.82, 2.24) is 5.32 Å². The van der Waals surface area contributed by atoms with Gasteiger partial charge in [0.15, 0.2) is 0 Å². The minimum absolute atomic E-state index is 0.0244. The number of esters is 1. The van der Waals surface area contributed by atoms with E-state index in [2.05, 4.69) is 19.2 Å². The molecule has 0 heterocycles. The van der Waals surface area contributed by atoms with E-state index in [9.17, 15) is 19.8 Å². The quantitative estimate of drug-likeness (QED) is 0.0417. The normalized spacial score (nSPS) is 12.4. The molecule has 89 heavy (non-hydrogen) atoms. The van der Waals surface area contributed by atoms with Crippen molar-refractivity contribution in [2.75, 3.05) is 13.2 Å². The van der Waals surface area contributed by atoms with Crippen LogP contribution in [0.4, 0.5) is 0 Å². The van der Waals surface area contributed by atoms with Crippen LogP contribution < -0.4 is 5.32 Å². The Morgan fingerprint density at radius 2 is 0.461 bits per heavy atom. The Kier molecular flexibility index (Phi) is 78.3. The molecule has 1 amide bonds. The lowest BCUT2D eigenvalue weighted by atomic mass is 10.0. The maximum absolute atomic E-state index is 12.5. The number of amides is 1. The third-order valence-corrected chi connectivity index (χ3v) is 20.2. The van der Waals surface area contributed by atoms with Gasteiger partial charge in [-0.05, 0) is 25.7 Å². The van der Waals surface area contributed by atoms with Crippen molar-refractivity contribution >= 4 is 11.9 Å². The first kappa shape index (κ1) is 87.9.